The van der Waals surface area contributed by atoms with Crippen LogP contribution in [0.25, 0.3) is 0 Å². The summed E-state index contributed by atoms with van der Waals surface area (Å²) >= 11 is 4.45. The molecule has 0 aromatic heterocycles. The summed E-state index contributed by atoms with van der Waals surface area (Å²) in [5.41, 5.74) is 2.26. The molecule has 5 heteroatoms. The molecule has 114 valence electrons. The summed E-state index contributed by atoms with van der Waals surface area (Å²) in [6.45, 7) is 6.73. The van der Waals surface area contributed by atoms with E-state index in [1.807, 2.05) is 26.0 Å². The molecule has 1 aromatic carbocycles. The van der Waals surface area contributed by atoms with Gasteiger partial charge in [0.2, 0.25) is 0 Å². The highest BCUT2D eigenvalue weighted by atomic mass is 32.1. The third kappa shape index (κ3) is 3.41. The van der Waals surface area contributed by atoms with Crippen LogP contribution in [0.15, 0.2) is 18.2 Å². The van der Waals surface area contributed by atoms with Crippen LogP contribution in [-0.2, 0) is 4.79 Å². The molecule has 1 unspecified atom stereocenters. The lowest BCUT2D eigenvalue weighted by molar-refractivity contribution is -0.138. The molecule has 0 amide bonds. The average molecular weight is 307 g/mol. The molecule has 0 saturated heterocycles. The van der Waals surface area contributed by atoms with Crippen molar-refractivity contribution in [2.75, 3.05) is 13.1 Å². The Hall–Kier alpha value is -1.46. The molecule has 1 aromatic rings. The minimum Gasteiger partial charge on any atom is -0.508 e. The fourth-order valence-electron chi connectivity index (χ4n) is 2.38. The highest BCUT2D eigenvalue weighted by Crippen LogP contribution is 2.33. The van der Waals surface area contributed by atoms with Crippen molar-refractivity contribution >= 4 is 18.6 Å². The van der Waals surface area contributed by atoms with Crippen molar-refractivity contribution in [3.05, 3.63) is 34.9 Å². The number of nitrogens with one attached hydrogen (secondary N) is 1. The minimum absolute atomic E-state index is 0.161. The Bertz CT molecular complexity index is 583. The third-order valence-corrected chi connectivity index (χ3v) is 4.41. The van der Waals surface area contributed by atoms with E-state index in [1.54, 1.807) is 13.0 Å². The van der Waals surface area contributed by atoms with Crippen LogP contribution in [0.2, 0.25) is 0 Å². The number of hydrogen-bond acceptors (Lipinski definition) is 5. The lowest BCUT2D eigenvalue weighted by Gasteiger charge is -2.20. The highest BCUT2D eigenvalue weighted by molar-refractivity contribution is 7.81. The fourth-order valence-corrected chi connectivity index (χ4v) is 2.73. The Balaban J connectivity index is 2.24. The van der Waals surface area contributed by atoms with Crippen LogP contribution in [0.5, 0.6) is 11.5 Å². The predicted molar refractivity (Wildman–Crippen MR) is 86.2 cm³/mol. The summed E-state index contributed by atoms with van der Waals surface area (Å²) in [5.74, 6) is 0.116. The number of aryl methyl sites for hydroxylation is 1. The maximum atomic E-state index is 12.4. The van der Waals surface area contributed by atoms with Crippen LogP contribution in [0.1, 0.15) is 16.7 Å². The van der Waals surface area contributed by atoms with Gasteiger partial charge in [0.15, 0.2) is 0 Å². The molecule has 1 aliphatic rings. The normalized spacial score (nSPS) is 21.9. The van der Waals surface area contributed by atoms with E-state index in [2.05, 4.69) is 17.9 Å². The number of carbonyl (C=O) groups is 1. The number of rotatable bonds is 2. The Morgan fingerprint density at radius 1 is 1.38 bits per heavy atom. The zero-order chi connectivity index (χ0) is 15.6. The first-order valence-electron chi connectivity index (χ1n) is 6.98. The number of carbonyl (C=O) groups excluding carboxylic acids is 1. The van der Waals surface area contributed by atoms with E-state index in [4.69, 9.17) is 4.74 Å². The number of hydrogen-bond donors (Lipinski definition) is 3. The molecule has 0 bridgehead atoms. The zero-order valence-electron chi connectivity index (χ0n) is 12.5. The van der Waals surface area contributed by atoms with Gasteiger partial charge in [-0.05, 0) is 43.5 Å². The predicted octanol–water partition coefficient (Wildman–Crippen LogP) is 2.30. The van der Waals surface area contributed by atoms with Gasteiger partial charge in [0.1, 0.15) is 11.5 Å². The maximum Gasteiger partial charge on any atom is 0.317 e. The van der Waals surface area contributed by atoms with Gasteiger partial charge in [-0.15, -0.1) is 0 Å². The van der Waals surface area contributed by atoms with Gasteiger partial charge in [-0.3, -0.25) is 4.79 Å². The molecule has 0 radical (unpaired) electrons. The molecule has 0 spiro atoms. The third-order valence-electron chi connectivity index (χ3n) is 3.88. The van der Waals surface area contributed by atoms with E-state index in [0.29, 0.717) is 12.3 Å². The van der Waals surface area contributed by atoms with Crippen LogP contribution < -0.4 is 10.1 Å². The van der Waals surface area contributed by atoms with Gasteiger partial charge in [0.05, 0.1) is 5.92 Å². The van der Waals surface area contributed by atoms with Crippen molar-refractivity contribution in [2.45, 2.75) is 26.0 Å². The van der Waals surface area contributed by atoms with E-state index in [9.17, 15) is 9.90 Å². The summed E-state index contributed by atoms with van der Waals surface area (Å²) in [5, 5.41) is 12.8. The quantitative estimate of drug-likeness (QED) is 0.340. The molecule has 2 atom stereocenters. The maximum absolute atomic E-state index is 12.4. The van der Waals surface area contributed by atoms with Crippen LogP contribution in [0.3, 0.4) is 0 Å². The molecule has 0 fully saturated rings. The highest BCUT2D eigenvalue weighted by Gasteiger charge is 2.28. The summed E-state index contributed by atoms with van der Waals surface area (Å²) in [7, 11) is 0. The Morgan fingerprint density at radius 3 is 2.81 bits per heavy atom. The Kier molecular flexibility index (Phi) is 4.96. The van der Waals surface area contributed by atoms with Crippen molar-refractivity contribution < 1.29 is 14.6 Å². The smallest absolute Gasteiger partial charge is 0.317 e. The molecule has 0 saturated carbocycles. The summed E-state index contributed by atoms with van der Waals surface area (Å²) < 4.78 is 5.60. The summed E-state index contributed by atoms with van der Waals surface area (Å²) in [4.78, 5) is 12.4. The standard InChI is InChI=1S/C16H21NO3S/c1-9-7-13(18)10(2)11(3)15(9)20-16(19)12-8-17-6-4-5-14(12)21/h4-5,7,12,14,17-18,21H,6,8H2,1-3H3/t12?,14-/m1/s1. The van der Waals surface area contributed by atoms with Gasteiger partial charge in [0, 0.05) is 18.3 Å². The van der Waals surface area contributed by atoms with Crippen molar-refractivity contribution in [1.29, 1.82) is 0 Å². The number of benzene rings is 1. The molecule has 2 rings (SSSR count). The first-order chi connectivity index (χ1) is 9.91. The molecular formula is C16H21NO3S. The second kappa shape index (κ2) is 6.54. The number of thiol groups is 1. The van der Waals surface area contributed by atoms with E-state index in [0.717, 1.165) is 23.2 Å². The van der Waals surface area contributed by atoms with E-state index in [1.165, 1.54) is 0 Å². The zero-order valence-corrected chi connectivity index (χ0v) is 13.4. The van der Waals surface area contributed by atoms with Gasteiger partial charge in [0.25, 0.3) is 0 Å². The summed E-state index contributed by atoms with van der Waals surface area (Å²) in [6.07, 6.45) is 3.88. The van der Waals surface area contributed by atoms with Crippen molar-refractivity contribution in [3.8, 4) is 11.5 Å². The fraction of sp³-hybridized carbons (Fsp3) is 0.438. The summed E-state index contributed by atoms with van der Waals surface area (Å²) in [6, 6.07) is 1.62. The SMILES string of the molecule is Cc1cc(O)c(C)c(C)c1OC(=O)C1CNCC=C[C@H]1S. The molecule has 1 heterocycles. The molecule has 4 nitrogen and oxygen atoms in total. The number of phenolic OH excluding ortho intramolecular Hbond substituents is 1. The Morgan fingerprint density at radius 2 is 2.10 bits per heavy atom. The number of phenols is 1. The van der Waals surface area contributed by atoms with Crippen LogP contribution in [0, 0.1) is 26.7 Å². The Labute approximate surface area is 130 Å². The van der Waals surface area contributed by atoms with Crippen LogP contribution >= 0.6 is 12.6 Å². The van der Waals surface area contributed by atoms with Crippen LogP contribution in [-0.4, -0.2) is 29.4 Å². The van der Waals surface area contributed by atoms with Gasteiger partial charge in [-0.2, -0.15) is 12.6 Å². The van der Waals surface area contributed by atoms with Gasteiger partial charge in [-0.25, -0.2) is 0 Å². The molecule has 1 aliphatic heterocycles. The minimum atomic E-state index is -0.333. The lowest BCUT2D eigenvalue weighted by Crippen LogP contribution is -2.35. The van der Waals surface area contributed by atoms with E-state index in [-0.39, 0.29) is 22.9 Å². The largest absolute Gasteiger partial charge is 0.508 e. The topological polar surface area (TPSA) is 58.6 Å². The average Bonchev–Trinajstić information content (AvgIpc) is 2.65. The lowest BCUT2D eigenvalue weighted by atomic mass is 10.0. The molecule has 2 N–H and O–H groups in total. The number of esters is 1. The number of ether oxygens (including phenoxy) is 1. The van der Waals surface area contributed by atoms with Gasteiger partial charge < -0.3 is 15.2 Å². The second-order valence-electron chi connectivity index (χ2n) is 5.40. The van der Waals surface area contributed by atoms with E-state index >= 15 is 0 Å². The van der Waals surface area contributed by atoms with Crippen LogP contribution in [0.4, 0.5) is 0 Å². The number of aromatic hydroxyl groups is 1. The van der Waals surface area contributed by atoms with E-state index < -0.39 is 0 Å². The van der Waals surface area contributed by atoms with Crippen molar-refractivity contribution in [3.63, 3.8) is 0 Å². The molecule has 0 aliphatic carbocycles. The van der Waals surface area contributed by atoms with Crippen molar-refractivity contribution in [1.82, 2.24) is 5.32 Å². The molecular weight excluding hydrogens is 286 g/mol. The molecule has 21 heavy (non-hydrogen) atoms. The first kappa shape index (κ1) is 15.9. The first-order valence-corrected chi connectivity index (χ1v) is 7.50. The monoisotopic (exact) mass is 307 g/mol. The van der Waals surface area contributed by atoms with Crippen molar-refractivity contribution in [2.24, 2.45) is 5.92 Å². The second-order valence-corrected chi connectivity index (χ2v) is 5.99. The van der Waals surface area contributed by atoms with Gasteiger partial charge in [-0.1, -0.05) is 12.2 Å². The van der Waals surface area contributed by atoms with Gasteiger partial charge >= 0.3 is 5.97 Å².